The number of halogens is 1. The van der Waals surface area contributed by atoms with Crippen LogP contribution in [0.25, 0.3) is 0 Å². The first kappa shape index (κ1) is 15.3. The topological polar surface area (TPSA) is 62.7 Å². The van der Waals surface area contributed by atoms with Crippen LogP contribution in [-0.2, 0) is 6.54 Å². The first-order chi connectivity index (χ1) is 10.0. The standard InChI is InChI=1S/C15H15BrN2O3/c1-18(9-10-3-5-12(21-2)6-4-10)14-13(15(19)20)7-11(16)8-17-14/h3-8H,9H2,1-2H3,(H,19,20). The molecule has 1 heterocycles. The molecule has 1 N–H and O–H groups in total. The van der Waals surface area contributed by atoms with Gasteiger partial charge in [-0.2, -0.15) is 0 Å². The number of nitrogens with zero attached hydrogens (tertiary/aromatic N) is 2. The highest BCUT2D eigenvalue weighted by Gasteiger charge is 2.16. The molecule has 0 saturated carbocycles. The van der Waals surface area contributed by atoms with E-state index in [2.05, 4.69) is 20.9 Å². The van der Waals surface area contributed by atoms with Crippen molar-refractivity contribution in [2.45, 2.75) is 6.54 Å². The van der Waals surface area contributed by atoms with Gasteiger partial charge in [0.05, 0.1) is 7.11 Å². The van der Waals surface area contributed by atoms with E-state index in [1.807, 2.05) is 31.3 Å². The van der Waals surface area contributed by atoms with E-state index in [0.717, 1.165) is 11.3 Å². The third-order valence-electron chi connectivity index (χ3n) is 3.00. The number of rotatable bonds is 5. The largest absolute Gasteiger partial charge is 0.497 e. The van der Waals surface area contributed by atoms with Crippen LogP contribution in [0.2, 0.25) is 0 Å². The Bertz CT molecular complexity index is 644. The number of methoxy groups -OCH3 is 1. The molecule has 2 rings (SSSR count). The van der Waals surface area contributed by atoms with E-state index in [0.29, 0.717) is 16.8 Å². The molecule has 6 heteroatoms. The fraction of sp³-hybridized carbons (Fsp3) is 0.200. The number of carboxylic acids is 1. The SMILES string of the molecule is COc1ccc(CN(C)c2ncc(Br)cc2C(=O)O)cc1. The second kappa shape index (κ2) is 6.58. The lowest BCUT2D eigenvalue weighted by molar-refractivity contribution is 0.0697. The number of pyridine rings is 1. The molecule has 0 bridgehead atoms. The van der Waals surface area contributed by atoms with Crippen LogP contribution < -0.4 is 9.64 Å². The molecule has 0 radical (unpaired) electrons. The molecule has 0 aliphatic rings. The number of aromatic nitrogens is 1. The van der Waals surface area contributed by atoms with Crippen molar-refractivity contribution in [3.63, 3.8) is 0 Å². The third kappa shape index (κ3) is 3.72. The molecule has 0 saturated heterocycles. The zero-order chi connectivity index (χ0) is 15.4. The monoisotopic (exact) mass is 350 g/mol. The Morgan fingerprint density at radius 3 is 2.62 bits per heavy atom. The predicted molar refractivity (Wildman–Crippen MR) is 84.0 cm³/mol. The van der Waals surface area contributed by atoms with Gasteiger partial charge in [-0.05, 0) is 39.7 Å². The molecule has 0 unspecified atom stereocenters. The van der Waals surface area contributed by atoms with Crippen molar-refractivity contribution in [3.05, 3.63) is 52.1 Å². The van der Waals surface area contributed by atoms with Crippen LogP contribution in [0.1, 0.15) is 15.9 Å². The van der Waals surface area contributed by atoms with E-state index < -0.39 is 5.97 Å². The first-order valence-corrected chi connectivity index (χ1v) is 7.03. The molecule has 21 heavy (non-hydrogen) atoms. The summed E-state index contributed by atoms with van der Waals surface area (Å²) in [5.74, 6) is 0.219. The molecule has 0 fully saturated rings. The Labute approximate surface area is 131 Å². The highest BCUT2D eigenvalue weighted by atomic mass is 79.9. The summed E-state index contributed by atoms with van der Waals surface area (Å²) in [5.41, 5.74) is 1.21. The third-order valence-corrected chi connectivity index (χ3v) is 3.44. The molecule has 1 aromatic heterocycles. The Balaban J connectivity index is 2.23. The number of carboxylic acid groups (broad SMARTS) is 1. The number of carbonyl (C=O) groups is 1. The van der Waals surface area contributed by atoms with Crippen molar-refractivity contribution in [1.82, 2.24) is 4.98 Å². The van der Waals surface area contributed by atoms with Gasteiger partial charge in [-0.25, -0.2) is 9.78 Å². The molecule has 0 aliphatic carbocycles. The summed E-state index contributed by atoms with van der Waals surface area (Å²) < 4.78 is 5.75. The van der Waals surface area contributed by atoms with Crippen LogP contribution in [0.5, 0.6) is 5.75 Å². The van der Waals surface area contributed by atoms with E-state index in [-0.39, 0.29) is 5.56 Å². The molecule has 0 atom stereocenters. The second-order valence-electron chi connectivity index (χ2n) is 4.53. The summed E-state index contributed by atoms with van der Waals surface area (Å²) >= 11 is 3.24. The van der Waals surface area contributed by atoms with Crippen LogP contribution >= 0.6 is 15.9 Å². The van der Waals surface area contributed by atoms with Crippen LogP contribution in [0.15, 0.2) is 41.0 Å². The minimum Gasteiger partial charge on any atom is -0.497 e. The molecule has 2 aromatic rings. The quantitative estimate of drug-likeness (QED) is 0.897. The van der Waals surface area contributed by atoms with Gasteiger partial charge in [0.1, 0.15) is 17.1 Å². The van der Waals surface area contributed by atoms with Crippen molar-refractivity contribution < 1.29 is 14.6 Å². The fourth-order valence-corrected chi connectivity index (χ4v) is 2.30. The minimum atomic E-state index is -1.000. The Morgan fingerprint density at radius 1 is 1.38 bits per heavy atom. The maximum atomic E-state index is 11.3. The van der Waals surface area contributed by atoms with E-state index in [1.54, 1.807) is 24.3 Å². The van der Waals surface area contributed by atoms with Crippen molar-refractivity contribution in [3.8, 4) is 5.75 Å². The van der Waals surface area contributed by atoms with E-state index >= 15 is 0 Å². The number of anilines is 1. The fourth-order valence-electron chi connectivity index (χ4n) is 1.97. The van der Waals surface area contributed by atoms with E-state index in [1.165, 1.54) is 0 Å². The Hall–Kier alpha value is -2.08. The molecule has 0 spiro atoms. The molecular formula is C15H15BrN2O3. The lowest BCUT2D eigenvalue weighted by Gasteiger charge is -2.20. The summed E-state index contributed by atoms with van der Waals surface area (Å²) in [6.07, 6.45) is 1.59. The Morgan fingerprint density at radius 2 is 2.05 bits per heavy atom. The highest BCUT2D eigenvalue weighted by Crippen LogP contribution is 2.22. The molecule has 0 amide bonds. The van der Waals surface area contributed by atoms with E-state index in [9.17, 15) is 9.90 Å². The number of hydrogen-bond donors (Lipinski definition) is 1. The molecular weight excluding hydrogens is 336 g/mol. The lowest BCUT2D eigenvalue weighted by Crippen LogP contribution is -2.20. The average Bonchev–Trinajstić information content (AvgIpc) is 2.47. The molecule has 1 aromatic carbocycles. The summed E-state index contributed by atoms with van der Waals surface area (Å²) in [6, 6.07) is 9.17. The van der Waals surface area contributed by atoms with Gasteiger partial charge in [-0.1, -0.05) is 12.1 Å². The average molecular weight is 351 g/mol. The molecule has 0 aliphatic heterocycles. The van der Waals surface area contributed by atoms with Crippen LogP contribution in [0, 0.1) is 0 Å². The normalized spacial score (nSPS) is 10.2. The number of aromatic carboxylic acids is 1. The lowest BCUT2D eigenvalue weighted by atomic mass is 10.2. The summed E-state index contributed by atoms with van der Waals surface area (Å²) in [4.78, 5) is 17.3. The van der Waals surface area contributed by atoms with E-state index in [4.69, 9.17) is 4.74 Å². The zero-order valence-corrected chi connectivity index (χ0v) is 13.3. The maximum Gasteiger partial charge on any atom is 0.339 e. The van der Waals surface area contributed by atoms with Gasteiger partial charge in [0.15, 0.2) is 0 Å². The second-order valence-corrected chi connectivity index (χ2v) is 5.45. The van der Waals surface area contributed by atoms with Crippen LogP contribution in [0.4, 0.5) is 5.82 Å². The predicted octanol–water partition coefficient (Wildman–Crippen LogP) is 3.19. The van der Waals surface area contributed by atoms with Crippen LogP contribution in [0.3, 0.4) is 0 Å². The Kier molecular flexibility index (Phi) is 4.80. The van der Waals surface area contributed by atoms with Crippen LogP contribution in [-0.4, -0.2) is 30.2 Å². The van der Waals surface area contributed by atoms with Gasteiger partial charge in [0.2, 0.25) is 0 Å². The van der Waals surface area contributed by atoms with Gasteiger partial charge in [0.25, 0.3) is 0 Å². The highest BCUT2D eigenvalue weighted by molar-refractivity contribution is 9.10. The summed E-state index contributed by atoms with van der Waals surface area (Å²) in [6.45, 7) is 0.554. The smallest absolute Gasteiger partial charge is 0.339 e. The van der Waals surface area contributed by atoms with Gasteiger partial charge in [-0.15, -0.1) is 0 Å². The number of benzene rings is 1. The molecule has 5 nitrogen and oxygen atoms in total. The number of hydrogen-bond acceptors (Lipinski definition) is 4. The summed E-state index contributed by atoms with van der Waals surface area (Å²) in [7, 11) is 3.43. The molecule has 110 valence electrons. The van der Waals surface area contributed by atoms with Crippen molar-refractivity contribution in [1.29, 1.82) is 0 Å². The number of ether oxygens (including phenoxy) is 1. The van der Waals surface area contributed by atoms with Crippen molar-refractivity contribution in [2.75, 3.05) is 19.1 Å². The minimum absolute atomic E-state index is 0.167. The first-order valence-electron chi connectivity index (χ1n) is 6.24. The van der Waals surface area contributed by atoms with Gasteiger partial charge < -0.3 is 14.7 Å². The summed E-state index contributed by atoms with van der Waals surface area (Å²) in [5, 5.41) is 9.27. The van der Waals surface area contributed by atoms with Gasteiger partial charge in [-0.3, -0.25) is 0 Å². The van der Waals surface area contributed by atoms with Crippen molar-refractivity contribution >= 4 is 27.7 Å². The van der Waals surface area contributed by atoms with Gasteiger partial charge >= 0.3 is 5.97 Å². The van der Waals surface area contributed by atoms with Crippen molar-refractivity contribution in [2.24, 2.45) is 0 Å². The zero-order valence-electron chi connectivity index (χ0n) is 11.7. The maximum absolute atomic E-state index is 11.3. The van der Waals surface area contributed by atoms with Gasteiger partial charge in [0, 0.05) is 24.3 Å².